The zero-order valence-electron chi connectivity index (χ0n) is 22.3. The molecule has 0 spiro atoms. The van der Waals surface area contributed by atoms with Crippen molar-refractivity contribution in [1.29, 1.82) is 0 Å². The van der Waals surface area contributed by atoms with E-state index >= 15 is 4.39 Å². The number of carbonyl (C=O) groups is 1. The molecule has 2 aromatic carbocycles. The quantitative estimate of drug-likeness (QED) is 0.382. The van der Waals surface area contributed by atoms with Gasteiger partial charge in [0.2, 0.25) is 4.80 Å². The molecule has 2 atom stereocenters. The van der Waals surface area contributed by atoms with Gasteiger partial charge in [0.05, 0.1) is 6.61 Å². The number of halogens is 3. The number of nitrogens with zero attached hydrogens (tertiary/aromatic N) is 4. The number of aryl methyl sites for hydroxylation is 1. The molecule has 0 saturated carbocycles. The molecule has 0 N–H and O–H groups in total. The summed E-state index contributed by atoms with van der Waals surface area (Å²) in [5.41, 5.74) is 0.287. The monoisotopic (exact) mass is 614 g/mol. The number of carbonyl (C=O) groups excluding carboxylic acids is 1. The molecule has 0 aliphatic carbocycles. The van der Waals surface area contributed by atoms with Crippen molar-refractivity contribution in [3.8, 4) is 5.75 Å². The van der Waals surface area contributed by atoms with Gasteiger partial charge in [-0.1, -0.05) is 23.7 Å². The van der Waals surface area contributed by atoms with Gasteiger partial charge in [-0.25, -0.2) is 13.6 Å². The fourth-order valence-corrected chi connectivity index (χ4v) is 6.35. The van der Waals surface area contributed by atoms with Gasteiger partial charge in [-0.3, -0.25) is 0 Å². The predicted molar refractivity (Wildman–Crippen MR) is 146 cm³/mol. The van der Waals surface area contributed by atoms with E-state index in [9.17, 15) is 17.6 Å². The van der Waals surface area contributed by atoms with E-state index in [0.717, 1.165) is 17.1 Å². The lowest BCUT2D eigenvalue weighted by molar-refractivity contribution is 0.0110. The van der Waals surface area contributed by atoms with Gasteiger partial charge < -0.3 is 18.9 Å². The Bertz CT molecular complexity index is 1550. The van der Waals surface area contributed by atoms with Crippen LogP contribution in [0.4, 0.5) is 13.6 Å². The maximum atomic E-state index is 15.0. The van der Waals surface area contributed by atoms with Crippen LogP contribution in [-0.4, -0.2) is 53.6 Å². The highest BCUT2D eigenvalue weighted by Crippen LogP contribution is 2.35. The SMILES string of the molecule is Cn1cnsc1=NS(=O)(=O)c1cc(F)c(OC[C@@H]2CN(C(=O)OC(C)(C)C)CC[C@H]2c2ccc(Cl)cc2)cc1F. The van der Waals surface area contributed by atoms with Crippen molar-refractivity contribution in [3.05, 3.63) is 69.7 Å². The van der Waals surface area contributed by atoms with Gasteiger partial charge in [0, 0.05) is 54.7 Å². The van der Waals surface area contributed by atoms with E-state index in [1.165, 1.54) is 17.9 Å². The molecule has 9 nitrogen and oxygen atoms in total. The number of benzene rings is 2. The Kier molecular flexibility index (Phi) is 8.86. The van der Waals surface area contributed by atoms with Crippen LogP contribution in [0.1, 0.15) is 38.7 Å². The molecule has 14 heteroatoms. The summed E-state index contributed by atoms with van der Waals surface area (Å²) in [6.45, 7) is 5.95. The lowest BCUT2D eigenvalue weighted by Crippen LogP contribution is -2.46. The van der Waals surface area contributed by atoms with Gasteiger partial charge in [-0.15, -0.1) is 4.40 Å². The summed E-state index contributed by atoms with van der Waals surface area (Å²) in [7, 11) is -3.03. The number of amides is 1. The molecule has 0 radical (unpaired) electrons. The van der Waals surface area contributed by atoms with Gasteiger partial charge in [-0.2, -0.15) is 12.8 Å². The topological polar surface area (TPSA) is 103 Å². The molecule has 3 aromatic rings. The highest BCUT2D eigenvalue weighted by atomic mass is 35.5. The predicted octanol–water partition coefficient (Wildman–Crippen LogP) is 5.12. The van der Waals surface area contributed by atoms with Crippen LogP contribution >= 0.6 is 23.1 Å². The molecular formula is C26H29ClF2N4O5S2. The first-order chi connectivity index (χ1) is 18.7. The number of hydrogen-bond acceptors (Lipinski definition) is 7. The van der Waals surface area contributed by atoms with Crippen molar-refractivity contribution < 1.29 is 31.5 Å². The second kappa shape index (κ2) is 11.8. The summed E-state index contributed by atoms with van der Waals surface area (Å²) in [4.78, 5) is 13.4. The van der Waals surface area contributed by atoms with E-state index in [2.05, 4.69) is 8.77 Å². The fourth-order valence-electron chi connectivity index (χ4n) is 4.35. The van der Waals surface area contributed by atoms with Gasteiger partial charge in [-0.05, 0) is 50.8 Å². The molecule has 1 aliphatic rings. The molecule has 1 aromatic heterocycles. The van der Waals surface area contributed by atoms with Gasteiger partial charge in [0.15, 0.2) is 11.6 Å². The van der Waals surface area contributed by atoms with Crippen LogP contribution in [0.15, 0.2) is 52.0 Å². The van der Waals surface area contributed by atoms with Crippen molar-refractivity contribution in [2.45, 2.75) is 43.6 Å². The highest BCUT2D eigenvalue weighted by molar-refractivity contribution is 7.90. The fraction of sp³-hybridized carbons (Fsp3) is 0.423. The number of likely N-dealkylation sites (tertiary alicyclic amines) is 1. The molecule has 4 rings (SSSR count). The Hall–Kier alpha value is -3.03. The van der Waals surface area contributed by atoms with Crippen molar-refractivity contribution in [2.75, 3.05) is 19.7 Å². The first-order valence-electron chi connectivity index (χ1n) is 12.4. The van der Waals surface area contributed by atoms with E-state index in [-0.39, 0.29) is 29.8 Å². The van der Waals surface area contributed by atoms with E-state index in [4.69, 9.17) is 21.1 Å². The molecule has 1 amide bonds. The first kappa shape index (κ1) is 29.9. The van der Waals surface area contributed by atoms with Gasteiger partial charge >= 0.3 is 6.09 Å². The van der Waals surface area contributed by atoms with Crippen molar-refractivity contribution in [1.82, 2.24) is 13.8 Å². The Morgan fingerprint density at radius 3 is 2.52 bits per heavy atom. The van der Waals surface area contributed by atoms with Gasteiger partial charge in [0.25, 0.3) is 10.0 Å². The molecule has 1 fully saturated rings. The standard InChI is InChI=1S/C26H29ClF2N4O5S2/c1-26(2,3)38-25(34)33-10-9-19(16-5-7-18(27)8-6-16)17(13-33)14-37-22-11-21(29)23(12-20(22)28)40(35,36)31-24-32(4)15-30-39-24/h5-8,11-12,15,17,19H,9-10,13-14H2,1-4H3/t17-,19-/m0/s1. The van der Waals surface area contributed by atoms with Crippen LogP contribution in [0.5, 0.6) is 5.75 Å². The van der Waals surface area contributed by atoms with E-state index in [1.54, 1.807) is 37.8 Å². The lowest BCUT2D eigenvalue weighted by atomic mass is 9.81. The van der Waals surface area contributed by atoms with E-state index < -0.39 is 44.0 Å². The smallest absolute Gasteiger partial charge is 0.410 e. The Balaban J connectivity index is 1.57. The Morgan fingerprint density at radius 2 is 1.90 bits per heavy atom. The second-order valence-corrected chi connectivity index (χ2v) is 13.2. The minimum Gasteiger partial charge on any atom is -0.490 e. The summed E-state index contributed by atoms with van der Waals surface area (Å²) in [6, 6.07) is 8.54. The van der Waals surface area contributed by atoms with Crippen molar-refractivity contribution in [3.63, 3.8) is 0 Å². The summed E-state index contributed by atoms with van der Waals surface area (Å²) < 4.78 is 75.2. The second-order valence-electron chi connectivity index (χ2n) is 10.4. The number of ether oxygens (including phenoxy) is 2. The molecule has 216 valence electrons. The molecular weight excluding hydrogens is 586 g/mol. The van der Waals surface area contributed by atoms with Crippen LogP contribution in [0.2, 0.25) is 5.02 Å². The summed E-state index contributed by atoms with van der Waals surface area (Å²) in [5.74, 6) is -3.10. The Labute approximate surface area is 240 Å². The molecule has 40 heavy (non-hydrogen) atoms. The first-order valence-corrected chi connectivity index (χ1v) is 15.0. The van der Waals surface area contributed by atoms with Crippen molar-refractivity contribution >= 4 is 39.2 Å². The van der Waals surface area contributed by atoms with Crippen LogP contribution in [-0.2, 0) is 21.8 Å². The molecule has 2 heterocycles. The van der Waals surface area contributed by atoms with Crippen LogP contribution in [0.25, 0.3) is 0 Å². The van der Waals surface area contributed by atoms with Crippen molar-refractivity contribution in [2.24, 2.45) is 17.4 Å². The molecule has 0 bridgehead atoms. The van der Waals surface area contributed by atoms with Gasteiger partial charge in [0.1, 0.15) is 22.6 Å². The zero-order chi connectivity index (χ0) is 29.2. The van der Waals surface area contributed by atoms with E-state index in [1.807, 2.05) is 12.1 Å². The third kappa shape index (κ3) is 7.18. The number of rotatable bonds is 6. The largest absolute Gasteiger partial charge is 0.490 e. The summed E-state index contributed by atoms with van der Waals surface area (Å²) in [6.07, 6.45) is 1.45. The number of hydrogen-bond donors (Lipinski definition) is 0. The van der Waals surface area contributed by atoms with Crippen LogP contribution in [0.3, 0.4) is 0 Å². The third-order valence-electron chi connectivity index (χ3n) is 6.26. The molecule has 1 aliphatic heterocycles. The zero-order valence-corrected chi connectivity index (χ0v) is 24.7. The highest BCUT2D eigenvalue weighted by Gasteiger charge is 2.35. The number of piperidine rings is 1. The maximum Gasteiger partial charge on any atom is 0.410 e. The summed E-state index contributed by atoms with van der Waals surface area (Å²) in [5, 5.41) is 0.575. The lowest BCUT2D eigenvalue weighted by Gasteiger charge is -2.39. The van der Waals surface area contributed by atoms with Crippen LogP contribution in [0, 0.1) is 17.6 Å². The number of sulfonamides is 1. The molecule has 0 unspecified atom stereocenters. The van der Waals surface area contributed by atoms with Crippen LogP contribution < -0.4 is 9.54 Å². The summed E-state index contributed by atoms with van der Waals surface area (Å²) >= 11 is 6.85. The maximum absolute atomic E-state index is 15.0. The average Bonchev–Trinajstić information content (AvgIpc) is 3.27. The van der Waals surface area contributed by atoms with E-state index in [0.29, 0.717) is 30.1 Å². The molecule has 1 saturated heterocycles. The minimum absolute atomic E-state index is 0.000200. The minimum atomic E-state index is -4.56. The normalized spacial score (nSPS) is 18.6. The Morgan fingerprint density at radius 1 is 1.20 bits per heavy atom. The third-order valence-corrected chi connectivity index (χ3v) is 8.65. The average molecular weight is 615 g/mol. The number of aromatic nitrogens is 2.